The minimum atomic E-state index is -0.784. The minimum Gasteiger partial charge on any atom is -0.321 e. The van der Waals surface area contributed by atoms with Crippen molar-refractivity contribution in [3.8, 4) is 0 Å². The lowest BCUT2D eigenvalue weighted by Crippen LogP contribution is -2.22. The topological polar surface area (TPSA) is 54.0 Å². The molecule has 4 nitrogen and oxygen atoms in total. The van der Waals surface area contributed by atoms with Gasteiger partial charge in [0, 0.05) is 31.9 Å². The van der Waals surface area contributed by atoms with Crippen LogP contribution >= 0.6 is 0 Å². The Balaban J connectivity index is 1.75. The number of nitrogens with one attached hydrogen (secondary N) is 2. The van der Waals surface area contributed by atoms with Gasteiger partial charge in [-0.3, -0.25) is 9.78 Å². The third-order valence-electron chi connectivity index (χ3n) is 2.83. The number of carbonyl (C=O) groups is 1. The summed E-state index contributed by atoms with van der Waals surface area (Å²) in [5.74, 6) is -2.01. The molecule has 1 aromatic heterocycles. The average Bonchev–Trinajstić information content (AvgIpc) is 2.49. The largest absolute Gasteiger partial charge is 0.321 e. The van der Waals surface area contributed by atoms with E-state index in [-0.39, 0.29) is 6.42 Å². The van der Waals surface area contributed by atoms with Gasteiger partial charge in [0.2, 0.25) is 5.91 Å². The van der Waals surface area contributed by atoms with E-state index in [1.54, 1.807) is 12.4 Å². The maximum Gasteiger partial charge on any atom is 0.225 e. The first-order valence-corrected chi connectivity index (χ1v) is 6.50. The molecule has 2 N–H and O–H groups in total. The second-order valence-electron chi connectivity index (χ2n) is 4.43. The molecule has 0 aliphatic heterocycles. The Labute approximate surface area is 121 Å². The van der Waals surface area contributed by atoms with Gasteiger partial charge < -0.3 is 10.6 Å². The van der Waals surface area contributed by atoms with Gasteiger partial charge in [0.25, 0.3) is 0 Å². The normalized spacial score (nSPS) is 10.4. The summed E-state index contributed by atoms with van der Waals surface area (Å²) in [6.45, 7) is 1.01. The quantitative estimate of drug-likeness (QED) is 0.804. The lowest BCUT2D eigenvalue weighted by molar-refractivity contribution is -0.116. The third kappa shape index (κ3) is 4.61. The van der Waals surface area contributed by atoms with E-state index in [1.165, 1.54) is 6.07 Å². The number of hydrogen-bond donors (Lipinski definition) is 2. The molecule has 0 atom stereocenters. The number of rotatable bonds is 6. The monoisotopic (exact) mass is 291 g/mol. The van der Waals surface area contributed by atoms with Crippen LogP contribution in [0.2, 0.25) is 0 Å². The molecule has 0 unspecified atom stereocenters. The summed E-state index contributed by atoms with van der Waals surface area (Å²) < 4.78 is 26.7. The number of aromatic nitrogens is 1. The van der Waals surface area contributed by atoms with Crippen LogP contribution in [0.4, 0.5) is 14.5 Å². The molecule has 21 heavy (non-hydrogen) atoms. The first-order chi connectivity index (χ1) is 10.2. The molecule has 0 fully saturated rings. The van der Waals surface area contributed by atoms with E-state index >= 15 is 0 Å². The van der Waals surface area contributed by atoms with Crippen molar-refractivity contribution in [2.75, 3.05) is 11.9 Å². The van der Waals surface area contributed by atoms with Gasteiger partial charge in [-0.15, -0.1) is 0 Å². The first kappa shape index (κ1) is 15.1. The zero-order chi connectivity index (χ0) is 15.1. The molecule has 0 radical (unpaired) electrons. The maximum atomic E-state index is 13.3. The van der Waals surface area contributed by atoms with E-state index in [9.17, 15) is 13.6 Å². The van der Waals surface area contributed by atoms with Crippen molar-refractivity contribution in [3.63, 3.8) is 0 Å². The molecular weight excluding hydrogens is 276 g/mol. The SMILES string of the molecule is O=C(CCNCc1ccncc1)Nc1c(F)cccc1F. The summed E-state index contributed by atoms with van der Waals surface area (Å²) in [4.78, 5) is 15.5. The number of anilines is 1. The second-order valence-corrected chi connectivity index (χ2v) is 4.43. The number of carbonyl (C=O) groups excluding carboxylic acids is 1. The van der Waals surface area contributed by atoms with Gasteiger partial charge in [0.1, 0.15) is 17.3 Å². The molecular formula is C15H15F2N3O. The van der Waals surface area contributed by atoms with E-state index in [4.69, 9.17) is 0 Å². The highest BCUT2D eigenvalue weighted by Gasteiger charge is 2.11. The smallest absolute Gasteiger partial charge is 0.225 e. The number of amides is 1. The van der Waals surface area contributed by atoms with Crippen LogP contribution in [0.1, 0.15) is 12.0 Å². The van der Waals surface area contributed by atoms with Gasteiger partial charge in [0.05, 0.1) is 0 Å². The van der Waals surface area contributed by atoms with Crippen molar-refractivity contribution >= 4 is 11.6 Å². The zero-order valence-corrected chi connectivity index (χ0v) is 11.3. The van der Waals surface area contributed by atoms with Crippen LogP contribution in [0.3, 0.4) is 0 Å². The van der Waals surface area contributed by atoms with Crippen LogP contribution in [-0.4, -0.2) is 17.4 Å². The van der Waals surface area contributed by atoms with Crippen molar-refractivity contribution in [2.24, 2.45) is 0 Å². The van der Waals surface area contributed by atoms with Gasteiger partial charge >= 0.3 is 0 Å². The Morgan fingerprint density at radius 2 is 1.76 bits per heavy atom. The summed E-state index contributed by atoms with van der Waals surface area (Å²) in [5, 5.41) is 5.31. The van der Waals surface area contributed by atoms with Crippen molar-refractivity contribution in [3.05, 3.63) is 59.9 Å². The fourth-order valence-electron chi connectivity index (χ4n) is 1.75. The first-order valence-electron chi connectivity index (χ1n) is 6.50. The van der Waals surface area contributed by atoms with Crippen LogP contribution in [0.25, 0.3) is 0 Å². The average molecular weight is 291 g/mol. The number of benzene rings is 1. The second kappa shape index (κ2) is 7.44. The fourth-order valence-corrected chi connectivity index (χ4v) is 1.75. The van der Waals surface area contributed by atoms with Crippen LogP contribution < -0.4 is 10.6 Å². The van der Waals surface area contributed by atoms with E-state index in [2.05, 4.69) is 15.6 Å². The van der Waals surface area contributed by atoms with Gasteiger partial charge in [-0.1, -0.05) is 6.07 Å². The number of para-hydroxylation sites is 1. The molecule has 0 bridgehead atoms. The van der Waals surface area contributed by atoms with Gasteiger partial charge in [-0.25, -0.2) is 8.78 Å². The Bertz CT molecular complexity index is 585. The molecule has 0 spiro atoms. The molecule has 110 valence electrons. The fraction of sp³-hybridized carbons (Fsp3) is 0.200. The molecule has 0 saturated heterocycles. The van der Waals surface area contributed by atoms with Crippen molar-refractivity contribution in [1.82, 2.24) is 10.3 Å². The molecule has 2 rings (SSSR count). The molecule has 2 aromatic rings. The van der Waals surface area contributed by atoms with E-state index in [0.29, 0.717) is 13.1 Å². The highest BCUT2D eigenvalue weighted by atomic mass is 19.1. The van der Waals surface area contributed by atoms with E-state index in [0.717, 1.165) is 17.7 Å². The predicted molar refractivity (Wildman–Crippen MR) is 75.5 cm³/mol. The van der Waals surface area contributed by atoms with Crippen molar-refractivity contribution in [1.29, 1.82) is 0 Å². The molecule has 0 aliphatic rings. The number of pyridine rings is 1. The van der Waals surface area contributed by atoms with Gasteiger partial charge in [-0.05, 0) is 29.8 Å². The molecule has 1 amide bonds. The van der Waals surface area contributed by atoms with Crippen LogP contribution in [0.15, 0.2) is 42.7 Å². The predicted octanol–water partition coefficient (Wildman–Crippen LogP) is 2.48. The summed E-state index contributed by atoms with van der Waals surface area (Å²) in [6.07, 6.45) is 3.49. The highest BCUT2D eigenvalue weighted by Crippen LogP contribution is 2.17. The Kier molecular flexibility index (Phi) is 5.34. The van der Waals surface area contributed by atoms with Crippen LogP contribution in [0.5, 0.6) is 0 Å². The van der Waals surface area contributed by atoms with Gasteiger partial charge in [-0.2, -0.15) is 0 Å². The van der Waals surface area contributed by atoms with Crippen molar-refractivity contribution in [2.45, 2.75) is 13.0 Å². The highest BCUT2D eigenvalue weighted by molar-refractivity contribution is 5.91. The molecule has 1 heterocycles. The molecule has 1 aromatic carbocycles. The Hall–Kier alpha value is -2.34. The van der Waals surface area contributed by atoms with Crippen molar-refractivity contribution < 1.29 is 13.6 Å². The zero-order valence-electron chi connectivity index (χ0n) is 11.3. The molecule has 0 saturated carbocycles. The summed E-state index contributed by atoms with van der Waals surface area (Å²) in [7, 11) is 0. The number of hydrogen-bond acceptors (Lipinski definition) is 3. The summed E-state index contributed by atoms with van der Waals surface area (Å²) in [5.41, 5.74) is 0.641. The standard InChI is InChI=1S/C15H15F2N3O/c16-12-2-1-3-13(17)15(12)20-14(21)6-9-19-10-11-4-7-18-8-5-11/h1-5,7-8,19H,6,9-10H2,(H,20,21). The maximum absolute atomic E-state index is 13.3. The molecule has 0 aliphatic carbocycles. The Morgan fingerprint density at radius 1 is 1.10 bits per heavy atom. The summed E-state index contributed by atoms with van der Waals surface area (Å²) >= 11 is 0. The van der Waals surface area contributed by atoms with Crippen LogP contribution in [0, 0.1) is 11.6 Å². The number of halogens is 2. The Morgan fingerprint density at radius 3 is 2.43 bits per heavy atom. The van der Waals surface area contributed by atoms with Gasteiger partial charge in [0.15, 0.2) is 0 Å². The van der Waals surface area contributed by atoms with E-state index < -0.39 is 23.2 Å². The minimum absolute atomic E-state index is 0.124. The number of nitrogens with zero attached hydrogens (tertiary/aromatic N) is 1. The van der Waals surface area contributed by atoms with Crippen LogP contribution in [-0.2, 0) is 11.3 Å². The summed E-state index contributed by atoms with van der Waals surface area (Å²) in [6, 6.07) is 7.17. The lowest BCUT2D eigenvalue weighted by atomic mass is 10.2. The molecule has 6 heteroatoms. The van der Waals surface area contributed by atoms with E-state index in [1.807, 2.05) is 12.1 Å². The lowest BCUT2D eigenvalue weighted by Gasteiger charge is -2.08. The third-order valence-corrected chi connectivity index (χ3v) is 2.83.